The topological polar surface area (TPSA) is 52.9 Å². The normalized spacial score (nSPS) is 11.1. The van der Waals surface area contributed by atoms with Gasteiger partial charge in [-0.25, -0.2) is 4.79 Å². The molecule has 0 spiro atoms. The van der Waals surface area contributed by atoms with Gasteiger partial charge in [-0.2, -0.15) is 0 Å². The first-order valence-corrected chi connectivity index (χ1v) is 6.12. The van der Waals surface area contributed by atoms with Crippen LogP contribution in [0.25, 0.3) is 0 Å². The minimum absolute atomic E-state index is 0.0202. The highest BCUT2D eigenvalue weighted by atomic mass is 16.1. The fourth-order valence-electron chi connectivity index (χ4n) is 2.00. The SMILES string of the molecule is Cc1c(N)cccc1Cn1ccn(C(C)C)c1=O. The van der Waals surface area contributed by atoms with Crippen LogP contribution in [0.3, 0.4) is 0 Å². The molecule has 1 aromatic heterocycles. The first-order chi connectivity index (χ1) is 8.50. The van der Waals surface area contributed by atoms with E-state index in [9.17, 15) is 4.79 Å². The maximum Gasteiger partial charge on any atom is 0.328 e. The number of anilines is 1. The summed E-state index contributed by atoms with van der Waals surface area (Å²) in [5.41, 5.74) is 8.79. The van der Waals surface area contributed by atoms with Crippen molar-refractivity contribution in [1.29, 1.82) is 0 Å². The molecule has 0 amide bonds. The number of benzene rings is 1. The van der Waals surface area contributed by atoms with E-state index in [1.165, 1.54) is 0 Å². The quantitative estimate of drug-likeness (QED) is 0.843. The summed E-state index contributed by atoms with van der Waals surface area (Å²) in [5, 5.41) is 0. The summed E-state index contributed by atoms with van der Waals surface area (Å²) in [5.74, 6) is 0. The predicted octanol–water partition coefficient (Wildman–Crippen LogP) is 2.17. The van der Waals surface area contributed by atoms with Gasteiger partial charge in [-0.1, -0.05) is 12.1 Å². The van der Waals surface area contributed by atoms with E-state index >= 15 is 0 Å². The second-order valence-corrected chi connectivity index (χ2v) is 4.84. The van der Waals surface area contributed by atoms with Crippen LogP contribution in [0.1, 0.15) is 31.0 Å². The summed E-state index contributed by atoms with van der Waals surface area (Å²) >= 11 is 0. The first kappa shape index (κ1) is 12.5. The van der Waals surface area contributed by atoms with Crippen molar-refractivity contribution in [2.45, 2.75) is 33.4 Å². The van der Waals surface area contributed by atoms with Gasteiger partial charge in [0, 0.05) is 24.1 Å². The van der Waals surface area contributed by atoms with Crippen LogP contribution in [0.4, 0.5) is 5.69 Å². The molecule has 96 valence electrons. The molecule has 0 aliphatic heterocycles. The average molecular weight is 245 g/mol. The molecule has 0 aliphatic rings. The highest BCUT2D eigenvalue weighted by Crippen LogP contribution is 2.16. The number of nitrogen functional groups attached to an aromatic ring is 1. The lowest BCUT2D eigenvalue weighted by molar-refractivity contribution is 0.561. The summed E-state index contributed by atoms with van der Waals surface area (Å²) in [6.45, 7) is 6.54. The molecule has 18 heavy (non-hydrogen) atoms. The fourth-order valence-corrected chi connectivity index (χ4v) is 2.00. The number of rotatable bonds is 3. The van der Waals surface area contributed by atoms with Crippen LogP contribution in [0.15, 0.2) is 35.4 Å². The Bertz CT molecular complexity index is 608. The monoisotopic (exact) mass is 245 g/mol. The maximum atomic E-state index is 12.1. The summed E-state index contributed by atoms with van der Waals surface area (Å²) in [6, 6.07) is 5.98. The minimum atomic E-state index is 0.0202. The van der Waals surface area contributed by atoms with Crippen LogP contribution in [-0.4, -0.2) is 9.13 Å². The van der Waals surface area contributed by atoms with Gasteiger partial charge >= 0.3 is 5.69 Å². The van der Waals surface area contributed by atoms with E-state index in [0.717, 1.165) is 16.8 Å². The van der Waals surface area contributed by atoms with Crippen LogP contribution >= 0.6 is 0 Å². The van der Waals surface area contributed by atoms with Gasteiger partial charge in [-0.05, 0) is 38.0 Å². The van der Waals surface area contributed by atoms with Gasteiger partial charge < -0.3 is 5.73 Å². The Kier molecular flexibility index (Phi) is 3.28. The molecular weight excluding hydrogens is 226 g/mol. The summed E-state index contributed by atoms with van der Waals surface area (Å²) in [4.78, 5) is 12.1. The maximum absolute atomic E-state index is 12.1. The smallest absolute Gasteiger partial charge is 0.328 e. The van der Waals surface area contributed by atoms with Crippen molar-refractivity contribution in [1.82, 2.24) is 9.13 Å². The fraction of sp³-hybridized carbons (Fsp3) is 0.357. The van der Waals surface area contributed by atoms with E-state index < -0.39 is 0 Å². The van der Waals surface area contributed by atoms with Gasteiger partial charge in [0.1, 0.15) is 0 Å². The molecule has 1 heterocycles. The third-order valence-corrected chi connectivity index (χ3v) is 3.26. The standard InChI is InChI=1S/C14H19N3O/c1-10(2)17-8-7-16(14(17)18)9-12-5-4-6-13(15)11(12)3/h4-8,10H,9,15H2,1-3H3. The Balaban J connectivity index is 2.35. The molecule has 2 rings (SSSR count). The molecule has 4 heteroatoms. The molecule has 0 aliphatic carbocycles. The molecule has 1 aromatic carbocycles. The Morgan fingerprint density at radius 3 is 2.61 bits per heavy atom. The number of nitrogens with two attached hydrogens (primary N) is 1. The molecular formula is C14H19N3O. The van der Waals surface area contributed by atoms with Crippen LogP contribution in [0.5, 0.6) is 0 Å². The summed E-state index contributed by atoms with van der Waals surface area (Å²) in [6.07, 6.45) is 3.65. The van der Waals surface area contributed by atoms with Crippen LogP contribution in [0, 0.1) is 6.92 Å². The van der Waals surface area contributed by atoms with Crippen molar-refractivity contribution in [3.63, 3.8) is 0 Å². The second-order valence-electron chi connectivity index (χ2n) is 4.84. The molecule has 2 N–H and O–H groups in total. The Hall–Kier alpha value is -1.97. The number of hydrogen-bond donors (Lipinski definition) is 1. The number of aromatic nitrogens is 2. The number of hydrogen-bond acceptors (Lipinski definition) is 2. The van der Waals surface area contributed by atoms with Crippen molar-refractivity contribution in [2.24, 2.45) is 0 Å². The molecule has 0 radical (unpaired) electrons. The van der Waals surface area contributed by atoms with Crippen molar-refractivity contribution >= 4 is 5.69 Å². The van der Waals surface area contributed by atoms with E-state index in [1.807, 2.05) is 51.4 Å². The third kappa shape index (κ3) is 2.18. The highest BCUT2D eigenvalue weighted by Gasteiger charge is 2.08. The molecule has 0 atom stereocenters. The van der Waals surface area contributed by atoms with Gasteiger partial charge in [-0.3, -0.25) is 9.13 Å². The molecule has 0 unspecified atom stereocenters. The zero-order valence-electron chi connectivity index (χ0n) is 11.1. The summed E-state index contributed by atoms with van der Waals surface area (Å²) in [7, 11) is 0. The van der Waals surface area contributed by atoms with Crippen molar-refractivity contribution in [2.75, 3.05) is 5.73 Å². The van der Waals surface area contributed by atoms with Gasteiger partial charge in [-0.15, -0.1) is 0 Å². The summed E-state index contributed by atoms with van der Waals surface area (Å²) < 4.78 is 3.43. The molecule has 0 saturated carbocycles. The third-order valence-electron chi connectivity index (χ3n) is 3.26. The highest BCUT2D eigenvalue weighted by molar-refractivity contribution is 5.49. The number of imidazole rings is 1. The predicted molar refractivity (Wildman–Crippen MR) is 73.8 cm³/mol. The van der Waals surface area contributed by atoms with Gasteiger partial charge in [0.15, 0.2) is 0 Å². The van der Waals surface area contributed by atoms with Gasteiger partial charge in [0.2, 0.25) is 0 Å². The van der Waals surface area contributed by atoms with Crippen LogP contribution in [0.2, 0.25) is 0 Å². The average Bonchev–Trinajstić information content (AvgIpc) is 2.67. The molecule has 0 fully saturated rings. The van der Waals surface area contributed by atoms with E-state index in [2.05, 4.69) is 0 Å². The van der Waals surface area contributed by atoms with E-state index in [0.29, 0.717) is 6.54 Å². The van der Waals surface area contributed by atoms with Crippen LogP contribution < -0.4 is 11.4 Å². The second kappa shape index (κ2) is 4.72. The number of nitrogens with zero attached hydrogens (tertiary/aromatic N) is 2. The molecule has 0 bridgehead atoms. The van der Waals surface area contributed by atoms with Gasteiger partial charge in [0.25, 0.3) is 0 Å². The van der Waals surface area contributed by atoms with Crippen molar-refractivity contribution < 1.29 is 0 Å². The lowest BCUT2D eigenvalue weighted by atomic mass is 10.1. The lowest BCUT2D eigenvalue weighted by Crippen LogP contribution is -2.25. The van der Waals surface area contributed by atoms with E-state index in [-0.39, 0.29) is 11.7 Å². The van der Waals surface area contributed by atoms with E-state index in [1.54, 1.807) is 9.13 Å². The lowest BCUT2D eigenvalue weighted by Gasteiger charge is -2.09. The zero-order valence-corrected chi connectivity index (χ0v) is 11.1. The Labute approximate surface area is 107 Å². The molecule has 2 aromatic rings. The Morgan fingerprint density at radius 2 is 2.00 bits per heavy atom. The van der Waals surface area contributed by atoms with Crippen molar-refractivity contribution in [3.8, 4) is 0 Å². The zero-order chi connectivity index (χ0) is 13.3. The van der Waals surface area contributed by atoms with Crippen LogP contribution in [-0.2, 0) is 6.54 Å². The van der Waals surface area contributed by atoms with Crippen molar-refractivity contribution in [3.05, 3.63) is 52.2 Å². The van der Waals surface area contributed by atoms with E-state index in [4.69, 9.17) is 5.73 Å². The molecule has 4 nitrogen and oxygen atoms in total. The largest absolute Gasteiger partial charge is 0.399 e. The molecule has 0 saturated heterocycles. The van der Waals surface area contributed by atoms with Gasteiger partial charge in [0.05, 0.1) is 6.54 Å². The minimum Gasteiger partial charge on any atom is -0.399 e. The first-order valence-electron chi connectivity index (χ1n) is 6.12. The Morgan fingerprint density at radius 1 is 1.28 bits per heavy atom.